The van der Waals surface area contributed by atoms with E-state index in [9.17, 15) is 26.4 Å². The Balaban J connectivity index is 1.48. The predicted octanol–water partition coefficient (Wildman–Crippen LogP) is 4.56. The van der Waals surface area contributed by atoms with Gasteiger partial charge in [0, 0.05) is 49.8 Å². The van der Waals surface area contributed by atoms with Gasteiger partial charge in [-0.3, -0.25) is 9.48 Å². The van der Waals surface area contributed by atoms with Crippen LogP contribution < -0.4 is 15.0 Å². The first-order valence-electron chi connectivity index (χ1n) is 12.6. The summed E-state index contributed by atoms with van der Waals surface area (Å²) in [4.78, 5) is 14.6. The van der Waals surface area contributed by atoms with Crippen molar-refractivity contribution in [1.29, 1.82) is 0 Å². The van der Waals surface area contributed by atoms with Gasteiger partial charge in [-0.05, 0) is 50.7 Å². The van der Waals surface area contributed by atoms with Gasteiger partial charge in [0.25, 0.3) is 5.91 Å². The number of anilines is 1. The summed E-state index contributed by atoms with van der Waals surface area (Å²) >= 11 is 6.67. The van der Waals surface area contributed by atoms with Gasteiger partial charge in [-0.25, -0.2) is 8.42 Å². The van der Waals surface area contributed by atoms with Crippen molar-refractivity contribution in [2.45, 2.75) is 50.6 Å². The molecule has 2 fully saturated rings. The average Bonchev–Trinajstić information content (AvgIpc) is 3.16. The monoisotopic (exact) mass is 576 g/mol. The van der Waals surface area contributed by atoms with E-state index in [4.69, 9.17) is 16.3 Å². The standard InChI is InChI=1S/C25H32ClF3N4O4S/c1-4-33-23(19-10-7-17(11-20(19)37-2)32-13-16(14-32)25(27,28)29)21(26)22(31-33)24(34)30-12-15-5-8-18(9-6-15)38(3,35)36/h7,10-11,15-16,18H,4-6,8-9,12-14H2,1-3H3,(H,30,34)/t15-,18-. The molecule has 1 aromatic carbocycles. The molecule has 1 saturated carbocycles. The Bertz CT molecular complexity index is 1280. The first-order valence-corrected chi connectivity index (χ1v) is 14.9. The van der Waals surface area contributed by atoms with E-state index in [1.807, 2.05) is 6.92 Å². The van der Waals surface area contributed by atoms with Gasteiger partial charge in [0.2, 0.25) is 0 Å². The molecule has 0 atom stereocenters. The van der Waals surface area contributed by atoms with E-state index in [0.717, 1.165) is 0 Å². The smallest absolute Gasteiger partial charge is 0.395 e. The maximum atomic E-state index is 13.0. The third-order valence-corrected chi connectivity index (χ3v) is 9.55. The van der Waals surface area contributed by atoms with Crippen molar-refractivity contribution in [3.05, 3.63) is 28.9 Å². The van der Waals surface area contributed by atoms with Crippen LogP contribution >= 0.6 is 11.6 Å². The van der Waals surface area contributed by atoms with Crippen LogP contribution in [0.5, 0.6) is 5.75 Å². The van der Waals surface area contributed by atoms with Crippen molar-refractivity contribution in [2.75, 3.05) is 37.9 Å². The van der Waals surface area contributed by atoms with Gasteiger partial charge in [-0.2, -0.15) is 18.3 Å². The SMILES string of the molecule is CCn1nc(C(=O)NC[C@H]2CC[C@H](S(C)(=O)=O)CC2)c(Cl)c1-c1ccc(N2CC(C(F)(F)F)C2)cc1OC. The van der Waals surface area contributed by atoms with Gasteiger partial charge in [-0.15, -0.1) is 0 Å². The molecule has 2 aromatic rings. The van der Waals surface area contributed by atoms with Crippen LogP contribution in [-0.2, 0) is 16.4 Å². The minimum atomic E-state index is -4.21. The maximum absolute atomic E-state index is 13.0. The Kier molecular flexibility index (Phi) is 8.23. The lowest BCUT2D eigenvalue weighted by Crippen LogP contribution is -2.53. The Morgan fingerprint density at radius 2 is 1.87 bits per heavy atom. The van der Waals surface area contributed by atoms with Gasteiger partial charge in [0.1, 0.15) is 15.6 Å². The van der Waals surface area contributed by atoms with Crippen molar-refractivity contribution >= 4 is 33.0 Å². The van der Waals surface area contributed by atoms with E-state index in [0.29, 0.717) is 61.5 Å². The Morgan fingerprint density at radius 3 is 2.42 bits per heavy atom. The number of benzene rings is 1. The topological polar surface area (TPSA) is 93.5 Å². The highest BCUT2D eigenvalue weighted by atomic mass is 35.5. The molecular formula is C25H32ClF3N4O4S. The number of nitrogens with one attached hydrogen (secondary N) is 1. The number of aromatic nitrogens is 2. The molecule has 0 radical (unpaired) electrons. The van der Waals surface area contributed by atoms with Crippen molar-refractivity contribution < 1.29 is 31.1 Å². The molecule has 1 amide bonds. The van der Waals surface area contributed by atoms with Gasteiger partial charge < -0.3 is 15.0 Å². The molecule has 8 nitrogen and oxygen atoms in total. The fourth-order valence-electron chi connectivity index (χ4n) is 5.12. The molecule has 2 heterocycles. The van der Waals surface area contributed by atoms with Crippen molar-refractivity contribution in [3.8, 4) is 17.0 Å². The predicted molar refractivity (Wildman–Crippen MR) is 140 cm³/mol. The molecule has 1 aliphatic carbocycles. The van der Waals surface area contributed by atoms with Crippen LogP contribution in [0.2, 0.25) is 5.02 Å². The molecule has 4 rings (SSSR count). The highest BCUT2D eigenvalue weighted by Crippen LogP contribution is 2.42. The third kappa shape index (κ3) is 5.90. The fourth-order valence-corrected chi connectivity index (χ4v) is 6.58. The van der Waals surface area contributed by atoms with Crippen molar-refractivity contribution in [3.63, 3.8) is 0 Å². The number of hydrogen-bond acceptors (Lipinski definition) is 6. The Labute approximate surface area is 225 Å². The molecule has 38 heavy (non-hydrogen) atoms. The van der Waals surface area contributed by atoms with Gasteiger partial charge in [0.05, 0.1) is 29.0 Å². The molecule has 13 heteroatoms. The molecule has 1 saturated heterocycles. The van der Waals surface area contributed by atoms with E-state index in [1.165, 1.54) is 13.4 Å². The summed E-state index contributed by atoms with van der Waals surface area (Å²) in [6, 6.07) is 5.09. The molecule has 0 bridgehead atoms. The van der Waals surface area contributed by atoms with Crippen LogP contribution in [0.1, 0.15) is 43.1 Å². The largest absolute Gasteiger partial charge is 0.496 e. The molecule has 1 N–H and O–H groups in total. The number of aryl methyl sites for hydroxylation is 1. The first-order chi connectivity index (χ1) is 17.8. The van der Waals surface area contributed by atoms with E-state index in [-0.39, 0.29) is 35.0 Å². The second-order valence-electron chi connectivity index (χ2n) is 10.0. The molecule has 0 unspecified atom stereocenters. The summed E-state index contributed by atoms with van der Waals surface area (Å²) in [5.41, 5.74) is 1.72. The number of ether oxygens (including phenoxy) is 1. The molecule has 1 aromatic heterocycles. The summed E-state index contributed by atoms with van der Waals surface area (Å²) in [6.07, 6.45) is -0.360. The lowest BCUT2D eigenvalue weighted by atomic mass is 9.89. The number of carbonyl (C=O) groups excluding carboxylic acids is 1. The number of rotatable bonds is 8. The second-order valence-corrected chi connectivity index (χ2v) is 12.7. The number of sulfone groups is 1. The van der Waals surface area contributed by atoms with E-state index in [2.05, 4.69) is 10.4 Å². The van der Waals surface area contributed by atoms with E-state index in [1.54, 1.807) is 27.8 Å². The lowest BCUT2D eigenvalue weighted by molar-refractivity contribution is -0.180. The van der Waals surface area contributed by atoms with Crippen LogP contribution in [0.4, 0.5) is 18.9 Å². The molecule has 210 valence electrons. The zero-order chi connectivity index (χ0) is 27.8. The highest BCUT2D eigenvalue weighted by Gasteiger charge is 2.47. The normalized spacial score (nSPS) is 20.8. The number of methoxy groups -OCH3 is 1. The van der Waals surface area contributed by atoms with E-state index >= 15 is 0 Å². The number of carbonyl (C=O) groups is 1. The molecule has 0 spiro atoms. The second kappa shape index (κ2) is 11.0. The summed E-state index contributed by atoms with van der Waals surface area (Å²) < 4.78 is 69.4. The van der Waals surface area contributed by atoms with Crippen LogP contribution in [0.3, 0.4) is 0 Å². The third-order valence-electron chi connectivity index (χ3n) is 7.51. The van der Waals surface area contributed by atoms with Crippen molar-refractivity contribution in [1.82, 2.24) is 15.1 Å². The van der Waals surface area contributed by atoms with Gasteiger partial charge in [-0.1, -0.05) is 11.6 Å². The molecular weight excluding hydrogens is 545 g/mol. The number of hydrogen-bond donors (Lipinski definition) is 1. The van der Waals surface area contributed by atoms with Crippen LogP contribution in [-0.4, -0.2) is 68.5 Å². The zero-order valence-corrected chi connectivity index (χ0v) is 23.1. The minimum Gasteiger partial charge on any atom is -0.496 e. The number of amides is 1. The molecule has 2 aliphatic rings. The average molecular weight is 577 g/mol. The van der Waals surface area contributed by atoms with Crippen molar-refractivity contribution in [2.24, 2.45) is 11.8 Å². The van der Waals surface area contributed by atoms with Crippen LogP contribution in [0.15, 0.2) is 18.2 Å². The first kappa shape index (κ1) is 28.5. The van der Waals surface area contributed by atoms with Crippen LogP contribution in [0, 0.1) is 11.8 Å². The lowest BCUT2D eigenvalue weighted by Gasteiger charge is -2.41. The zero-order valence-electron chi connectivity index (χ0n) is 21.5. The fraction of sp³-hybridized carbons (Fsp3) is 0.600. The number of halogens is 4. The quantitative estimate of drug-likeness (QED) is 0.495. The van der Waals surface area contributed by atoms with Crippen LogP contribution in [0.25, 0.3) is 11.3 Å². The Morgan fingerprint density at radius 1 is 1.21 bits per heavy atom. The summed E-state index contributed by atoms with van der Waals surface area (Å²) in [6.45, 7) is 2.45. The number of nitrogens with zero attached hydrogens (tertiary/aromatic N) is 3. The number of alkyl halides is 3. The summed E-state index contributed by atoms with van der Waals surface area (Å²) in [7, 11) is -1.59. The maximum Gasteiger partial charge on any atom is 0.395 e. The summed E-state index contributed by atoms with van der Waals surface area (Å²) in [5, 5.41) is 7.13. The summed E-state index contributed by atoms with van der Waals surface area (Å²) in [5.74, 6) is -1.19. The highest BCUT2D eigenvalue weighted by molar-refractivity contribution is 7.91. The molecule has 1 aliphatic heterocycles. The van der Waals surface area contributed by atoms with Gasteiger partial charge >= 0.3 is 6.18 Å². The Hall–Kier alpha value is -2.47. The van der Waals surface area contributed by atoms with E-state index < -0.39 is 27.8 Å². The van der Waals surface area contributed by atoms with Gasteiger partial charge in [0.15, 0.2) is 5.69 Å². The minimum absolute atomic E-state index is 0.0650.